The zero-order chi connectivity index (χ0) is 25.7. The summed E-state index contributed by atoms with van der Waals surface area (Å²) < 4.78 is 0. The van der Waals surface area contributed by atoms with E-state index in [-0.39, 0.29) is 11.8 Å². The molecule has 1 aliphatic rings. The number of nitrogens with zero attached hydrogens (tertiary/aromatic N) is 1. The third-order valence-electron chi connectivity index (χ3n) is 7.07. The van der Waals surface area contributed by atoms with E-state index in [9.17, 15) is 9.59 Å². The summed E-state index contributed by atoms with van der Waals surface area (Å²) in [5.41, 5.74) is 4.63. The quantitative estimate of drug-likeness (QED) is 0.302. The number of carbonyl (C=O) groups is 2. The van der Waals surface area contributed by atoms with Crippen molar-refractivity contribution in [2.24, 2.45) is 0 Å². The molecule has 0 aliphatic heterocycles. The van der Waals surface area contributed by atoms with E-state index in [4.69, 9.17) is 0 Å². The van der Waals surface area contributed by atoms with E-state index in [2.05, 4.69) is 11.4 Å². The normalized spacial score (nSPS) is 13.9. The lowest BCUT2D eigenvalue weighted by molar-refractivity contribution is -0.141. The number of allylic oxidation sites excluding steroid dienone is 1. The Morgan fingerprint density at radius 3 is 2.00 bits per heavy atom. The maximum absolute atomic E-state index is 13.7. The Morgan fingerprint density at radius 2 is 1.38 bits per heavy atom. The summed E-state index contributed by atoms with van der Waals surface area (Å²) in [6.45, 7) is 1.01. The largest absolute Gasteiger partial charge is 0.354 e. The van der Waals surface area contributed by atoms with E-state index in [1.54, 1.807) is 4.90 Å². The van der Waals surface area contributed by atoms with Gasteiger partial charge in [-0.05, 0) is 55.2 Å². The molecule has 0 radical (unpaired) electrons. The predicted octanol–water partition coefficient (Wildman–Crippen LogP) is 6.27. The molecule has 0 fully saturated rings. The Morgan fingerprint density at radius 1 is 0.757 bits per heavy atom. The van der Waals surface area contributed by atoms with Gasteiger partial charge in [0.25, 0.3) is 0 Å². The van der Waals surface area contributed by atoms with Crippen LogP contribution in [0.5, 0.6) is 0 Å². The fourth-order valence-electron chi connectivity index (χ4n) is 4.97. The number of hydrogen-bond donors (Lipinski definition) is 1. The van der Waals surface area contributed by atoms with Gasteiger partial charge in [-0.3, -0.25) is 9.59 Å². The molecule has 37 heavy (non-hydrogen) atoms. The van der Waals surface area contributed by atoms with Crippen LogP contribution in [0.25, 0.3) is 0 Å². The van der Waals surface area contributed by atoms with Crippen LogP contribution in [0.1, 0.15) is 55.2 Å². The van der Waals surface area contributed by atoms with Crippen LogP contribution in [-0.2, 0) is 29.0 Å². The molecule has 0 saturated carbocycles. The van der Waals surface area contributed by atoms with Gasteiger partial charge in [0, 0.05) is 25.9 Å². The maximum Gasteiger partial charge on any atom is 0.243 e. The second-order valence-electron chi connectivity index (χ2n) is 9.85. The minimum atomic E-state index is -0.578. The van der Waals surface area contributed by atoms with Crippen LogP contribution >= 0.6 is 0 Å². The number of amides is 2. The first kappa shape index (κ1) is 26.4. The second-order valence-corrected chi connectivity index (χ2v) is 9.85. The zero-order valence-corrected chi connectivity index (χ0v) is 21.6. The second kappa shape index (κ2) is 14.2. The molecular weight excluding hydrogens is 456 g/mol. The standard InChI is InChI=1S/C33H38N2O2/c36-32(22-21-27-13-5-1-6-14-27)35(26-30-19-11-4-12-20-30)31(25-29-17-9-3-10-18-29)33(37)34-24-23-28-15-7-2-8-16-28/h1,3-6,9-15,17-20,31H,2,7-8,16,21-26H2,(H,34,37). The Hall–Kier alpha value is -3.66. The Bertz CT molecular complexity index is 1140. The van der Waals surface area contributed by atoms with Gasteiger partial charge in [-0.1, -0.05) is 103 Å². The maximum atomic E-state index is 13.7. The molecule has 4 nitrogen and oxygen atoms in total. The monoisotopic (exact) mass is 494 g/mol. The minimum absolute atomic E-state index is 0.00113. The fraction of sp³-hybridized carbons (Fsp3) is 0.333. The lowest BCUT2D eigenvalue weighted by Crippen LogP contribution is -2.50. The highest BCUT2D eigenvalue weighted by molar-refractivity contribution is 5.88. The SMILES string of the molecule is O=C(NCCC1=CCCCC1)C(Cc1ccccc1)N(Cc1ccccc1)C(=O)CCc1ccccc1. The van der Waals surface area contributed by atoms with E-state index < -0.39 is 6.04 Å². The van der Waals surface area contributed by atoms with Crippen molar-refractivity contribution < 1.29 is 9.59 Å². The van der Waals surface area contributed by atoms with Crippen molar-refractivity contribution in [3.05, 3.63) is 119 Å². The van der Waals surface area contributed by atoms with Gasteiger partial charge in [0.2, 0.25) is 11.8 Å². The molecule has 4 rings (SSSR count). The predicted molar refractivity (Wildman–Crippen MR) is 150 cm³/mol. The van der Waals surface area contributed by atoms with Crippen molar-refractivity contribution in [3.63, 3.8) is 0 Å². The van der Waals surface area contributed by atoms with E-state index >= 15 is 0 Å². The molecule has 0 saturated heterocycles. The zero-order valence-electron chi connectivity index (χ0n) is 21.6. The first-order valence-electron chi connectivity index (χ1n) is 13.6. The van der Waals surface area contributed by atoms with Crippen LogP contribution < -0.4 is 5.32 Å². The first-order valence-corrected chi connectivity index (χ1v) is 13.6. The number of carbonyl (C=O) groups excluding carboxylic acids is 2. The van der Waals surface area contributed by atoms with Gasteiger partial charge in [-0.2, -0.15) is 0 Å². The summed E-state index contributed by atoms with van der Waals surface area (Å²) in [5, 5.41) is 3.17. The molecule has 1 unspecified atom stereocenters. The molecule has 0 spiro atoms. The highest BCUT2D eigenvalue weighted by Crippen LogP contribution is 2.20. The van der Waals surface area contributed by atoms with Crippen LogP contribution in [0.4, 0.5) is 0 Å². The molecular formula is C33H38N2O2. The van der Waals surface area contributed by atoms with Gasteiger partial charge in [0.15, 0.2) is 0 Å². The fourth-order valence-corrected chi connectivity index (χ4v) is 4.97. The molecule has 2 amide bonds. The highest BCUT2D eigenvalue weighted by atomic mass is 16.2. The van der Waals surface area contributed by atoms with Crippen molar-refractivity contribution in [2.75, 3.05) is 6.54 Å². The number of aryl methyl sites for hydroxylation is 1. The van der Waals surface area contributed by atoms with E-state index in [1.165, 1.54) is 18.4 Å². The average Bonchev–Trinajstić information content (AvgIpc) is 2.96. The third-order valence-corrected chi connectivity index (χ3v) is 7.07. The van der Waals surface area contributed by atoms with Crippen LogP contribution in [-0.4, -0.2) is 29.3 Å². The Balaban J connectivity index is 1.53. The van der Waals surface area contributed by atoms with Crippen LogP contribution in [0, 0.1) is 0 Å². The van der Waals surface area contributed by atoms with Gasteiger partial charge in [0.05, 0.1) is 0 Å². The third kappa shape index (κ3) is 8.45. The molecule has 192 valence electrons. The Kier molecular flexibility index (Phi) is 10.1. The summed E-state index contributed by atoms with van der Waals surface area (Å²) >= 11 is 0. The topological polar surface area (TPSA) is 49.4 Å². The number of nitrogens with one attached hydrogen (secondary N) is 1. The minimum Gasteiger partial charge on any atom is -0.354 e. The van der Waals surface area contributed by atoms with E-state index in [0.717, 1.165) is 36.0 Å². The summed E-state index contributed by atoms with van der Waals surface area (Å²) in [6.07, 6.45) is 9.46. The smallest absolute Gasteiger partial charge is 0.243 e. The number of hydrogen-bond acceptors (Lipinski definition) is 2. The van der Waals surface area contributed by atoms with Crippen molar-refractivity contribution in [1.29, 1.82) is 0 Å². The van der Waals surface area contributed by atoms with Gasteiger partial charge < -0.3 is 10.2 Å². The van der Waals surface area contributed by atoms with Crippen LogP contribution in [0.15, 0.2) is 103 Å². The lowest BCUT2D eigenvalue weighted by Gasteiger charge is -2.32. The lowest BCUT2D eigenvalue weighted by atomic mass is 9.97. The molecule has 1 atom stereocenters. The summed E-state index contributed by atoms with van der Waals surface area (Å²) in [6, 6.07) is 29.5. The Labute approximate surface area is 221 Å². The molecule has 4 heteroatoms. The molecule has 0 aromatic heterocycles. The summed E-state index contributed by atoms with van der Waals surface area (Å²) in [7, 11) is 0. The summed E-state index contributed by atoms with van der Waals surface area (Å²) in [4.78, 5) is 29.2. The number of benzene rings is 3. The molecule has 1 N–H and O–H groups in total. The highest BCUT2D eigenvalue weighted by Gasteiger charge is 2.30. The van der Waals surface area contributed by atoms with Crippen molar-refractivity contribution in [1.82, 2.24) is 10.2 Å². The number of rotatable bonds is 12. The molecule has 3 aromatic rings. The van der Waals surface area contributed by atoms with E-state index in [1.807, 2.05) is 91.0 Å². The van der Waals surface area contributed by atoms with Crippen molar-refractivity contribution in [2.45, 2.75) is 64.0 Å². The average molecular weight is 495 g/mol. The van der Waals surface area contributed by atoms with Gasteiger partial charge in [-0.15, -0.1) is 0 Å². The molecule has 3 aromatic carbocycles. The van der Waals surface area contributed by atoms with E-state index in [0.29, 0.717) is 32.4 Å². The van der Waals surface area contributed by atoms with Crippen LogP contribution in [0.2, 0.25) is 0 Å². The summed E-state index contributed by atoms with van der Waals surface area (Å²) in [5.74, 6) is -0.0805. The van der Waals surface area contributed by atoms with Crippen molar-refractivity contribution in [3.8, 4) is 0 Å². The molecule has 0 heterocycles. The van der Waals surface area contributed by atoms with Gasteiger partial charge in [0.1, 0.15) is 6.04 Å². The molecule has 0 bridgehead atoms. The van der Waals surface area contributed by atoms with Gasteiger partial charge in [-0.25, -0.2) is 0 Å². The first-order chi connectivity index (χ1) is 18.2. The molecule has 1 aliphatic carbocycles. The van der Waals surface area contributed by atoms with Crippen molar-refractivity contribution >= 4 is 11.8 Å². The van der Waals surface area contributed by atoms with Crippen LogP contribution in [0.3, 0.4) is 0 Å². The van der Waals surface area contributed by atoms with Gasteiger partial charge >= 0.3 is 0 Å².